The van der Waals surface area contributed by atoms with Crippen LogP contribution in [0.1, 0.15) is 0 Å². The fourth-order valence-electron chi connectivity index (χ4n) is 0. The van der Waals surface area contributed by atoms with E-state index in [9.17, 15) is 0 Å². The van der Waals surface area contributed by atoms with Crippen LogP contribution in [0.15, 0.2) is 26.3 Å². The molecule has 0 radical (unpaired) electrons. The van der Waals surface area contributed by atoms with Crippen LogP contribution in [0.5, 0.6) is 0 Å². The Hall–Kier alpha value is 0.722. The van der Waals surface area contributed by atoms with Gasteiger partial charge in [0.05, 0.1) is 0 Å². The molecule has 0 amide bonds. The third kappa shape index (κ3) is 287. The molecule has 3 heteroatoms. The zero-order chi connectivity index (χ0) is 6.71. The molecule has 0 saturated heterocycles. The molecule has 0 nitrogen and oxygen atoms in total. The monoisotopic (exact) mass is 232 g/mol. The van der Waals surface area contributed by atoms with E-state index in [2.05, 4.69) is 26.3 Å². The van der Waals surface area contributed by atoms with E-state index in [1.165, 1.54) is 0 Å². The predicted molar refractivity (Wildman–Crippen MR) is 34.2 cm³/mol. The zero-order valence-corrected chi connectivity index (χ0v) is 6.97. The van der Waals surface area contributed by atoms with Crippen LogP contribution in [0.25, 0.3) is 0 Å². The van der Waals surface area contributed by atoms with Gasteiger partial charge in [0, 0.05) is 0 Å². The normalized spacial score (nSPS) is 4.29. The summed E-state index contributed by atoms with van der Waals surface area (Å²) in [5.74, 6) is 0. The van der Waals surface area contributed by atoms with E-state index in [0.29, 0.717) is 0 Å². The second kappa shape index (κ2) is 74.2. The molecule has 0 saturated carbocycles. The first-order chi connectivity index (χ1) is 3.41. The molecular formula is C4H8Cl2Pd. The van der Waals surface area contributed by atoms with Crippen LogP contribution in [0, 0.1) is 0 Å². The number of hydrogen-bond donors (Lipinski definition) is 0. The van der Waals surface area contributed by atoms with E-state index < -0.39 is 0 Å². The molecule has 0 rings (SSSR count). The molecule has 0 aliphatic rings. The molecule has 0 N–H and O–H groups in total. The summed E-state index contributed by atoms with van der Waals surface area (Å²) < 4.78 is 0. The Balaban J connectivity index is -0.0000000360. The number of hydrogen-bond acceptors (Lipinski definition) is 0. The third-order valence-electron chi connectivity index (χ3n) is 0. The SMILES string of the molecule is C=C.C=C.[Cl][Pd][Cl]. The van der Waals surface area contributed by atoms with Gasteiger partial charge in [-0.1, -0.05) is 0 Å². The molecule has 0 unspecified atom stereocenters. The van der Waals surface area contributed by atoms with Gasteiger partial charge in [-0.2, -0.15) is 0 Å². The van der Waals surface area contributed by atoms with Crippen molar-refractivity contribution in [2.75, 3.05) is 0 Å². The minimum atomic E-state index is -0.106. The van der Waals surface area contributed by atoms with Crippen LogP contribution in [-0.2, 0) is 15.9 Å². The van der Waals surface area contributed by atoms with Crippen LogP contribution in [0.4, 0.5) is 0 Å². The van der Waals surface area contributed by atoms with Crippen molar-refractivity contribution in [1.82, 2.24) is 0 Å². The Bertz CT molecular complexity index is 17.2. The van der Waals surface area contributed by atoms with Crippen LogP contribution in [0.3, 0.4) is 0 Å². The summed E-state index contributed by atoms with van der Waals surface area (Å²) >= 11 is -0.106. The molecule has 0 aromatic rings. The predicted octanol–water partition coefficient (Wildman–Crippen LogP) is 2.98. The first kappa shape index (κ1) is 15.6. The maximum atomic E-state index is 4.81. The molecule has 0 heterocycles. The summed E-state index contributed by atoms with van der Waals surface area (Å²) in [4.78, 5) is 0. The van der Waals surface area contributed by atoms with Crippen LogP contribution in [0.2, 0.25) is 0 Å². The molecular weight excluding hydrogens is 225 g/mol. The molecule has 0 aliphatic carbocycles. The molecule has 0 fully saturated rings. The molecule has 0 aromatic heterocycles. The molecule has 0 aliphatic heterocycles. The first-order valence-corrected chi connectivity index (χ1v) is 5.24. The fraction of sp³-hybridized carbons (Fsp3) is 0. The van der Waals surface area contributed by atoms with Gasteiger partial charge in [-0.3, -0.25) is 0 Å². The second-order valence-corrected chi connectivity index (χ2v) is 2.41. The van der Waals surface area contributed by atoms with Crippen LogP contribution >= 0.6 is 19.1 Å². The summed E-state index contributed by atoms with van der Waals surface area (Å²) in [6, 6.07) is 0. The summed E-state index contributed by atoms with van der Waals surface area (Å²) in [6.45, 7) is 12.0. The van der Waals surface area contributed by atoms with Crippen molar-refractivity contribution in [2.45, 2.75) is 0 Å². The van der Waals surface area contributed by atoms with Crippen molar-refractivity contribution in [2.24, 2.45) is 0 Å². The summed E-state index contributed by atoms with van der Waals surface area (Å²) in [5, 5.41) is 0. The Morgan fingerprint density at radius 2 is 0.857 bits per heavy atom. The van der Waals surface area contributed by atoms with E-state index in [4.69, 9.17) is 19.1 Å². The molecule has 0 atom stereocenters. The Labute approximate surface area is 61.3 Å². The van der Waals surface area contributed by atoms with Crippen molar-refractivity contribution in [1.29, 1.82) is 0 Å². The van der Waals surface area contributed by atoms with Gasteiger partial charge >= 0.3 is 35.0 Å². The van der Waals surface area contributed by atoms with E-state index in [-0.39, 0.29) is 15.9 Å². The van der Waals surface area contributed by atoms with Crippen LogP contribution < -0.4 is 0 Å². The van der Waals surface area contributed by atoms with Gasteiger partial charge in [0.2, 0.25) is 0 Å². The van der Waals surface area contributed by atoms with E-state index in [1.807, 2.05) is 0 Å². The Kier molecular flexibility index (Phi) is 166. The molecule has 0 aromatic carbocycles. The molecule has 7 heavy (non-hydrogen) atoms. The minimum absolute atomic E-state index is 0.106. The average Bonchev–Trinajstić information content (AvgIpc) is 1.78. The first-order valence-electron chi connectivity index (χ1n) is 1.24. The van der Waals surface area contributed by atoms with Crippen molar-refractivity contribution in [3.63, 3.8) is 0 Å². The summed E-state index contributed by atoms with van der Waals surface area (Å²) in [6.07, 6.45) is 0. The van der Waals surface area contributed by atoms with Gasteiger partial charge in [0.1, 0.15) is 0 Å². The standard InChI is InChI=1S/2C2H4.2ClH.Pd/c2*1-2;;;/h2*1-2H2;2*1H;/q;;;;+2/p-2. The van der Waals surface area contributed by atoms with Crippen molar-refractivity contribution in [3.8, 4) is 0 Å². The Morgan fingerprint density at radius 1 is 0.857 bits per heavy atom. The van der Waals surface area contributed by atoms with E-state index >= 15 is 0 Å². The summed E-state index contributed by atoms with van der Waals surface area (Å²) in [5.41, 5.74) is 0. The van der Waals surface area contributed by atoms with Gasteiger partial charge in [-0.05, 0) is 0 Å². The van der Waals surface area contributed by atoms with Crippen molar-refractivity contribution in [3.05, 3.63) is 26.3 Å². The van der Waals surface area contributed by atoms with Gasteiger partial charge in [0.15, 0.2) is 0 Å². The average molecular weight is 233 g/mol. The van der Waals surface area contributed by atoms with Gasteiger partial charge in [-0.15, -0.1) is 26.3 Å². The zero-order valence-electron chi connectivity index (χ0n) is 3.90. The van der Waals surface area contributed by atoms with Gasteiger partial charge < -0.3 is 0 Å². The van der Waals surface area contributed by atoms with E-state index in [1.54, 1.807) is 0 Å². The van der Waals surface area contributed by atoms with Gasteiger partial charge in [-0.25, -0.2) is 0 Å². The molecule has 0 bridgehead atoms. The maximum absolute atomic E-state index is 4.81. The van der Waals surface area contributed by atoms with Crippen molar-refractivity contribution >= 4 is 19.1 Å². The third-order valence-corrected chi connectivity index (χ3v) is 0. The number of rotatable bonds is 0. The van der Waals surface area contributed by atoms with Crippen LogP contribution in [-0.4, -0.2) is 0 Å². The van der Waals surface area contributed by atoms with E-state index in [0.717, 1.165) is 0 Å². The molecule has 48 valence electrons. The topological polar surface area (TPSA) is 0 Å². The summed E-state index contributed by atoms with van der Waals surface area (Å²) in [7, 11) is 9.63. The quantitative estimate of drug-likeness (QED) is 0.446. The molecule has 0 spiro atoms. The Morgan fingerprint density at radius 3 is 0.857 bits per heavy atom. The van der Waals surface area contributed by atoms with Crippen molar-refractivity contribution < 1.29 is 15.9 Å². The fourth-order valence-corrected chi connectivity index (χ4v) is 0. The second-order valence-electron chi connectivity index (χ2n) is 0.0452. The van der Waals surface area contributed by atoms with Gasteiger partial charge in [0.25, 0.3) is 0 Å². The number of halogens is 2.